The molecule has 0 unspecified atom stereocenters. The van der Waals surface area contributed by atoms with Gasteiger partial charge in [-0.3, -0.25) is 0 Å². The van der Waals surface area contributed by atoms with Gasteiger partial charge < -0.3 is 14.8 Å². The van der Waals surface area contributed by atoms with Crippen LogP contribution in [-0.2, 0) is 6.54 Å². The quantitative estimate of drug-likeness (QED) is 0.638. The van der Waals surface area contributed by atoms with Crippen LogP contribution in [0.25, 0.3) is 0 Å². The number of benzene rings is 1. The molecule has 0 aliphatic carbocycles. The second-order valence-electron chi connectivity index (χ2n) is 7.52. The summed E-state index contributed by atoms with van der Waals surface area (Å²) in [5.74, 6) is 1.53. The normalized spacial score (nSPS) is 11.8. The Bertz CT molecular complexity index is 499. The van der Waals surface area contributed by atoms with Gasteiger partial charge in [-0.2, -0.15) is 0 Å². The van der Waals surface area contributed by atoms with E-state index >= 15 is 0 Å². The second-order valence-corrected chi connectivity index (χ2v) is 8.37. The molecule has 0 bridgehead atoms. The van der Waals surface area contributed by atoms with E-state index in [0.29, 0.717) is 12.0 Å². The van der Waals surface area contributed by atoms with E-state index < -0.39 is 0 Å². The van der Waals surface area contributed by atoms with Gasteiger partial charge in [0.05, 0.1) is 18.2 Å². The maximum atomic E-state index is 5.68. The molecule has 3 nitrogen and oxygen atoms in total. The van der Waals surface area contributed by atoms with E-state index in [9.17, 15) is 0 Å². The fourth-order valence-electron chi connectivity index (χ4n) is 2.91. The molecule has 0 heterocycles. The maximum absolute atomic E-state index is 5.68. The zero-order valence-corrected chi connectivity index (χ0v) is 17.8. The Morgan fingerprint density at radius 2 is 1.74 bits per heavy atom. The van der Waals surface area contributed by atoms with Crippen LogP contribution in [0.4, 0.5) is 0 Å². The lowest BCUT2D eigenvalue weighted by molar-refractivity contribution is 0.240. The van der Waals surface area contributed by atoms with Crippen molar-refractivity contribution in [3.8, 4) is 11.5 Å². The molecule has 1 aromatic rings. The number of hydrogen-bond acceptors (Lipinski definition) is 3. The van der Waals surface area contributed by atoms with Crippen LogP contribution in [0.15, 0.2) is 16.6 Å². The predicted molar refractivity (Wildman–Crippen MR) is 104 cm³/mol. The minimum absolute atomic E-state index is 0. The molecule has 1 N–H and O–H groups in total. The summed E-state index contributed by atoms with van der Waals surface area (Å²) in [5.41, 5.74) is 1.56. The van der Waals surface area contributed by atoms with Crippen molar-refractivity contribution in [2.75, 3.05) is 13.7 Å². The Hall–Kier alpha value is -0.450. The summed E-state index contributed by atoms with van der Waals surface area (Å²) < 4.78 is 12.0. The third-order valence-corrected chi connectivity index (χ3v) is 3.91. The Labute approximate surface area is 156 Å². The molecule has 0 aliphatic heterocycles. The first-order valence-corrected chi connectivity index (χ1v) is 8.61. The molecule has 0 amide bonds. The molecule has 5 heteroatoms. The van der Waals surface area contributed by atoms with E-state index in [0.717, 1.165) is 28.9 Å². The summed E-state index contributed by atoms with van der Waals surface area (Å²) in [7, 11) is 1.66. The third-order valence-electron chi connectivity index (χ3n) is 3.32. The molecular weight excluding hydrogens is 378 g/mol. The van der Waals surface area contributed by atoms with Gasteiger partial charge >= 0.3 is 0 Å². The number of halogens is 2. The minimum atomic E-state index is 0. The molecule has 23 heavy (non-hydrogen) atoms. The van der Waals surface area contributed by atoms with Gasteiger partial charge in [0, 0.05) is 12.1 Å². The first kappa shape index (κ1) is 22.6. The van der Waals surface area contributed by atoms with Gasteiger partial charge in [-0.1, -0.05) is 20.8 Å². The van der Waals surface area contributed by atoms with E-state index in [4.69, 9.17) is 9.47 Å². The van der Waals surface area contributed by atoms with Gasteiger partial charge in [0.15, 0.2) is 11.5 Å². The third kappa shape index (κ3) is 7.77. The second kappa shape index (κ2) is 9.14. The Balaban J connectivity index is 0.00000484. The summed E-state index contributed by atoms with van der Waals surface area (Å²) in [5, 5.41) is 3.65. The zero-order valence-electron chi connectivity index (χ0n) is 15.4. The molecule has 1 rings (SSSR count). The highest BCUT2D eigenvalue weighted by molar-refractivity contribution is 9.10. The van der Waals surface area contributed by atoms with Crippen molar-refractivity contribution in [2.45, 2.75) is 60.0 Å². The van der Waals surface area contributed by atoms with Crippen LogP contribution >= 0.6 is 28.3 Å². The lowest BCUT2D eigenvalue weighted by Gasteiger charge is -2.33. The molecule has 0 aromatic heterocycles. The maximum Gasteiger partial charge on any atom is 0.174 e. The largest absolute Gasteiger partial charge is 0.492 e. The van der Waals surface area contributed by atoms with Gasteiger partial charge in [0.2, 0.25) is 0 Å². The molecule has 134 valence electrons. The van der Waals surface area contributed by atoms with Crippen LogP contribution in [0, 0.1) is 5.41 Å². The average Bonchev–Trinajstić information content (AvgIpc) is 2.34. The molecule has 1 aromatic carbocycles. The van der Waals surface area contributed by atoms with E-state index in [1.54, 1.807) is 7.11 Å². The molecule has 0 saturated carbocycles. The number of rotatable bonds is 7. The van der Waals surface area contributed by atoms with Crippen molar-refractivity contribution in [1.29, 1.82) is 0 Å². The monoisotopic (exact) mass is 407 g/mol. The number of nitrogens with one attached hydrogen (secondary N) is 1. The first-order chi connectivity index (χ1) is 10.1. The van der Waals surface area contributed by atoms with Crippen molar-refractivity contribution in [3.05, 3.63) is 22.2 Å². The van der Waals surface area contributed by atoms with Crippen LogP contribution in [-0.4, -0.2) is 19.3 Å². The van der Waals surface area contributed by atoms with Gasteiger partial charge in [0.1, 0.15) is 0 Å². The van der Waals surface area contributed by atoms with Crippen molar-refractivity contribution >= 4 is 28.3 Å². The highest BCUT2D eigenvalue weighted by Gasteiger charge is 2.25. The number of methoxy groups -OCH3 is 1. The highest BCUT2D eigenvalue weighted by Crippen LogP contribution is 2.36. The molecule has 0 radical (unpaired) electrons. The summed E-state index contributed by atoms with van der Waals surface area (Å²) in [4.78, 5) is 0. The summed E-state index contributed by atoms with van der Waals surface area (Å²) >= 11 is 3.56. The van der Waals surface area contributed by atoms with Gasteiger partial charge in [-0.25, -0.2) is 0 Å². The van der Waals surface area contributed by atoms with Crippen LogP contribution in [0.5, 0.6) is 11.5 Å². The van der Waals surface area contributed by atoms with Crippen LogP contribution < -0.4 is 14.8 Å². The van der Waals surface area contributed by atoms with Gasteiger partial charge in [0.25, 0.3) is 0 Å². The predicted octanol–water partition coefficient (Wildman–Crippen LogP) is 5.58. The Kier molecular flexibility index (Phi) is 8.96. The van der Waals surface area contributed by atoms with E-state index in [2.05, 4.69) is 61.9 Å². The first-order valence-electron chi connectivity index (χ1n) is 7.82. The highest BCUT2D eigenvalue weighted by atomic mass is 79.9. The molecule has 0 saturated heterocycles. The molecule has 0 atom stereocenters. The lowest BCUT2D eigenvalue weighted by Crippen LogP contribution is -2.41. The van der Waals surface area contributed by atoms with E-state index in [1.807, 2.05) is 13.0 Å². The van der Waals surface area contributed by atoms with Gasteiger partial charge in [-0.15, -0.1) is 12.4 Å². The van der Waals surface area contributed by atoms with E-state index in [1.165, 1.54) is 5.56 Å². The number of hydrogen-bond donors (Lipinski definition) is 1. The van der Waals surface area contributed by atoms with Crippen LogP contribution in [0.3, 0.4) is 0 Å². The molecule has 0 aliphatic rings. The fraction of sp³-hybridized carbons (Fsp3) is 0.667. The SMILES string of the molecule is CCOc1cc(CNC(C)(C)CC(C)(C)C)cc(Br)c1OC.Cl. The molecule has 0 fully saturated rings. The zero-order chi connectivity index (χ0) is 17.0. The summed E-state index contributed by atoms with van der Waals surface area (Å²) in [6, 6.07) is 4.13. The van der Waals surface area contributed by atoms with Gasteiger partial charge in [-0.05, 0) is 66.2 Å². The molecular formula is C18H31BrClNO2. The Morgan fingerprint density at radius 1 is 1.13 bits per heavy atom. The Morgan fingerprint density at radius 3 is 2.22 bits per heavy atom. The van der Waals surface area contributed by atoms with E-state index in [-0.39, 0.29) is 17.9 Å². The fourth-order valence-corrected chi connectivity index (χ4v) is 3.57. The number of ether oxygens (including phenoxy) is 2. The molecule has 0 spiro atoms. The van der Waals surface area contributed by atoms with Crippen LogP contribution in [0.2, 0.25) is 0 Å². The summed E-state index contributed by atoms with van der Waals surface area (Å²) in [6.45, 7) is 14.7. The minimum Gasteiger partial charge on any atom is -0.492 e. The average molecular weight is 409 g/mol. The standard InChI is InChI=1S/C18H30BrNO2.ClH/c1-8-22-15-10-13(9-14(19)16(15)21-7)11-20-18(5,6)12-17(2,3)4;/h9-10,20H,8,11-12H2,1-7H3;1H. The van der Waals surface area contributed by atoms with Crippen molar-refractivity contribution in [2.24, 2.45) is 5.41 Å². The topological polar surface area (TPSA) is 30.5 Å². The smallest absolute Gasteiger partial charge is 0.174 e. The van der Waals surface area contributed by atoms with Crippen molar-refractivity contribution in [1.82, 2.24) is 5.32 Å². The van der Waals surface area contributed by atoms with Crippen molar-refractivity contribution in [3.63, 3.8) is 0 Å². The van der Waals surface area contributed by atoms with Crippen LogP contribution in [0.1, 0.15) is 53.5 Å². The lowest BCUT2D eigenvalue weighted by atomic mass is 9.82. The van der Waals surface area contributed by atoms with Crippen molar-refractivity contribution < 1.29 is 9.47 Å². The summed E-state index contributed by atoms with van der Waals surface area (Å²) in [6.07, 6.45) is 1.11.